The van der Waals surface area contributed by atoms with E-state index in [4.69, 9.17) is 4.74 Å². The first kappa shape index (κ1) is 18.2. The van der Waals surface area contributed by atoms with E-state index in [0.29, 0.717) is 6.04 Å². The van der Waals surface area contributed by atoms with Crippen molar-refractivity contribution < 1.29 is 4.74 Å². The molecule has 1 saturated carbocycles. The van der Waals surface area contributed by atoms with Gasteiger partial charge in [0.05, 0.1) is 13.2 Å². The second-order valence-corrected chi connectivity index (χ2v) is 7.12. The predicted molar refractivity (Wildman–Crippen MR) is 103 cm³/mol. The van der Waals surface area contributed by atoms with Gasteiger partial charge >= 0.3 is 0 Å². The first-order valence-corrected chi connectivity index (χ1v) is 9.64. The first-order valence-electron chi connectivity index (χ1n) is 9.64. The Morgan fingerprint density at radius 2 is 2.00 bits per heavy atom. The van der Waals surface area contributed by atoms with Crippen molar-refractivity contribution in [2.24, 2.45) is 10.9 Å². The van der Waals surface area contributed by atoms with Crippen molar-refractivity contribution in [2.45, 2.75) is 45.3 Å². The Balaban J connectivity index is 1.51. The molecule has 2 atom stereocenters. The third-order valence-corrected chi connectivity index (χ3v) is 5.19. The third kappa shape index (κ3) is 5.44. The molecular formula is C20H32N4O. The van der Waals surface area contributed by atoms with Gasteiger partial charge < -0.3 is 15.4 Å². The molecule has 1 aromatic rings. The van der Waals surface area contributed by atoms with Crippen LogP contribution >= 0.6 is 0 Å². The summed E-state index contributed by atoms with van der Waals surface area (Å²) in [6.45, 7) is 7.79. The number of benzene rings is 1. The summed E-state index contributed by atoms with van der Waals surface area (Å²) in [5.74, 6) is 1.75. The van der Waals surface area contributed by atoms with Gasteiger partial charge in [0.15, 0.2) is 5.96 Å². The van der Waals surface area contributed by atoms with Crippen LogP contribution in [-0.2, 0) is 17.8 Å². The molecule has 25 heavy (non-hydrogen) atoms. The molecule has 0 bridgehead atoms. The quantitative estimate of drug-likeness (QED) is 0.589. The van der Waals surface area contributed by atoms with E-state index < -0.39 is 0 Å². The van der Waals surface area contributed by atoms with Crippen molar-refractivity contribution in [1.82, 2.24) is 15.5 Å². The molecule has 2 aliphatic rings. The summed E-state index contributed by atoms with van der Waals surface area (Å²) in [6, 6.07) is 9.31. The lowest BCUT2D eigenvalue weighted by atomic mass is 10.1. The fourth-order valence-corrected chi connectivity index (χ4v) is 3.55. The van der Waals surface area contributed by atoms with Crippen molar-refractivity contribution in [2.75, 3.05) is 33.4 Å². The Hall–Kier alpha value is -1.59. The largest absolute Gasteiger partial charge is 0.379 e. The molecule has 0 amide bonds. The van der Waals surface area contributed by atoms with Gasteiger partial charge in [-0.3, -0.25) is 9.89 Å². The number of nitrogens with zero attached hydrogens (tertiary/aromatic N) is 2. The summed E-state index contributed by atoms with van der Waals surface area (Å²) in [5.41, 5.74) is 2.74. The van der Waals surface area contributed by atoms with Crippen LogP contribution in [0.25, 0.3) is 0 Å². The van der Waals surface area contributed by atoms with E-state index in [1.165, 1.54) is 30.4 Å². The second-order valence-electron chi connectivity index (χ2n) is 7.12. The smallest absolute Gasteiger partial charge is 0.191 e. The number of guanidine groups is 1. The highest BCUT2D eigenvalue weighted by Gasteiger charge is 2.36. The maximum atomic E-state index is 5.45. The average Bonchev–Trinajstić information content (AvgIpc) is 3.38. The van der Waals surface area contributed by atoms with Gasteiger partial charge in [0.2, 0.25) is 0 Å². The van der Waals surface area contributed by atoms with Gasteiger partial charge in [0.1, 0.15) is 0 Å². The van der Waals surface area contributed by atoms with Crippen molar-refractivity contribution in [3.05, 3.63) is 35.4 Å². The van der Waals surface area contributed by atoms with Crippen LogP contribution in [0, 0.1) is 5.92 Å². The summed E-state index contributed by atoms with van der Waals surface area (Å²) in [5, 5.41) is 7.05. The standard InChI is InChI=1S/C20H32N4O/c1-3-6-16-13-19(16)23-20(21-2)22-14-17-7-4-5-8-18(17)15-24-9-11-25-12-10-24/h4-5,7-8,16,19H,3,6,9-15H2,1-2H3,(H2,21,22,23). The minimum atomic E-state index is 0.606. The van der Waals surface area contributed by atoms with E-state index in [9.17, 15) is 0 Å². The second kappa shape index (κ2) is 9.20. The molecule has 0 spiro atoms. The predicted octanol–water partition coefficient (Wildman–Crippen LogP) is 2.37. The van der Waals surface area contributed by atoms with E-state index in [1.807, 2.05) is 7.05 Å². The Labute approximate surface area is 151 Å². The minimum Gasteiger partial charge on any atom is -0.379 e. The van der Waals surface area contributed by atoms with E-state index in [0.717, 1.165) is 51.3 Å². The number of hydrogen-bond donors (Lipinski definition) is 2. The maximum Gasteiger partial charge on any atom is 0.191 e. The highest BCUT2D eigenvalue weighted by molar-refractivity contribution is 5.80. The van der Waals surface area contributed by atoms with Gasteiger partial charge in [0, 0.05) is 39.3 Å². The molecular weight excluding hydrogens is 312 g/mol. The highest BCUT2D eigenvalue weighted by Crippen LogP contribution is 2.34. The average molecular weight is 345 g/mol. The van der Waals surface area contributed by atoms with E-state index >= 15 is 0 Å². The SMILES string of the molecule is CCCC1CC1NC(=NC)NCc1ccccc1CN1CCOCC1. The summed E-state index contributed by atoms with van der Waals surface area (Å²) in [4.78, 5) is 6.86. The summed E-state index contributed by atoms with van der Waals surface area (Å²) < 4.78 is 5.45. The van der Waals surface area contributed by atoms with Crippen LogP contribution in [0.3, 0.4) is 0 Å². The van der Waals surface area contributed by atoms with Gasteiger partial charge in [-0.05, 0) is 29.9 Å². The van der Waals surface area contributed by atoms with Crippen LogP contribution in [0.2, 0.25) is 0 Å². The molecule has 0 aromatic heterocycles. The molecule has 1 saturated heterocycles. The van der Waals surface area contributed by atoms with Crippen molar-refractivity contribution in [3.63, 3.8) is 0 Å². The van der Waals surface area contributed by atoms with Crippen molar-refractivity contribution in [3.8, 4) is 0 Å². The lowest BCUT2D eigenvalue weighted by Crippen LogP contribution is -2.39. The fraction of sp³-hybridized carbons (Fsp3) is 0.650. The van der Waals surface area contributed by atoms with Crippen LogP contribution in [0.15, 0.2) is 29.3 Å². The number of aliphatic imine (C=N–C) groups is 1. The summed E-state index contributed by atoms with van der Waals surface area (Å²) >= 11 is 0. The molecule has 2 fully saturated rings. The Morgan fingerprint density at radius 3 is 2.72 bits per heavy atom. The van der Waals surface area contributed by atoms with E-state index in [-0.39, 0.29) is 0 Å². The van der Waals surface area contributed by atoms with Gasteiger partial charge in [-0.25, -0.2) is 0 Å². The lowest BCUT2D eigenvalue weighted by Gasteiger charge is -2.27. The first-order chi connectivity index (χ1) is 12.3. The fourth-order valence-electron chi connectivity index (χ4n) is 3.55. The van der Waals surface area contributed by atoms with E-state index in [2.05, 4.69) is 51.7 Å². The number of ether oxygens (including phenoxy) is 1. The zero-order valence-electron chi connectivity index (χ0n) is 15.6. The number of rotatable bonds is 7. The Kier molecular flexibility index (Phi) is 6.70. The molecule has 138 valence electrons. The summed E-state index contributed by atoms with van der Waals surface area (Å²) in [7, 11) is 1.85. The van der Waals surface area contributed by atoms with Crippen LogP contribution in [0.5, 0.6) is 0 Å². The molecule has 2 N–H and O–H groups in total. The zero-order chi connectivity index (χ0) is 17.5. The van der Waals surface area contributed by atoms with Crippen molar-refractivity contribution in [1.29, 1.82) is 0 Å². The molecule has 0 radical (unpaired) electrons. The summed E-state index contributed by atoms with van der Waals surface area (Å²) in [6.07, 6.45) is 3.86. The Bertz CT molecular complexity index is 569. The Morgan fingerprint density at radius 1 is 1.24 bits per heavy atom. The molecule has 3 rings (SSSR count). The maximum absolute atomic E-state index is 5.45. The normalized spacial score (nSPS) is 24.2. The molecule has 1 aliphatic heterocycles. The molecule has 2 unspecified atom stereocenters. The van der Waals surface area contributed by atoms with Gasteiger partial charge in [0.25, 0.3) is 0 Å². The highest BCUT2D eigenvalue weighted by atomic mass is 16.5. The van der Waals surface area contributed by atoms with Crippen LogP contribution in [0.1, 0.15) is 37.3 Å². The van der Waals surface area contributed by atoms with Gasteiger partial charge in [-0.2, -0.15) is 0 Å². The molecule has 1 aromatic carbocycles. The zero-order valence-corrected chi connectivity index (χ0v) is 15.6. The third-order valence-electron chi connectivity index (χ3n) is 5.19. The molecule has 5 heteroatoms. The lowest BCUT2D eigenvalue weighted by molar-refractivity contribution is 0.0341. The van der Waals surface area contributed by atoms with Crippen molar-refractivity contribution >= 4 is 5.96 Å². The van der Waals surface area contributed by atoms with Gasteiger partial charge in [-0.15, -0.1) is 0 Å². The van der Waals surface area contributed by atoms with Crippen LogP contribution in [-0.4, -0.2) is 50.3 Å². The number of hydrogen-bond acceptors (Lipinski definition) is 3. The van der Waals surface area contributed by atoms with Crippen LogP contribution in [0.4, 0.5) is 0 Å². The number of morpholine rings is 1. The number of nitrogens with one attached hydrogen (secondary N) is 2. The minimum absolute atomic E-state index is 0.606. The van der Waals surface area contributed by atoms with E-state index in [1.54, 1.807) is 0 Å². The van der Waals surface area contributed by atoms with Crippen LogP contribution < -0.4 is 10.6 Å². The molecule has 1 heterocycles. The molecule has 1 aliphatic carbocycles. The monoisotopic (exact) mass is 344 g/mol. The molecule has 5 nitrogen and oxygen atoms in total. The van der Waals surface area contributed by atoms with Gasteiger partial charge in [-0.1, -0.05) is 37.6 Å². The topological polar surface area (TPSA) is 48.9 Å².